The van der Waals surface area contributed by atoms with E-state index in [0.29, 0.717) is 0 Å². The molecule has 2 saturated carbocycles. The van der Waals surface area contributed by atoms with Gasteiger partial charge in [-0.3, -0.25) is 0 Å². The molecule has 3 unspecified atom stereocenters. The summed E-state index contributed by atoms with van der Waals surface area (Å²) in [6.07, 6.45) is 9.16. The molecule has 0 aromatic heterocycles. The first-order valence-electron chi connectivity index (χ1n) is 5.75. The van der Waals surface area contributed by atoms with Crippen LogP contribution in [-0.4, -0.2) is 7.85 Å². The van der Waals surface area contributed by atoms with Crippen LogP contribution in [0.4, 0.5) is 0 Å². The molecule has 0 aliphatic heterocycles. The number of hydrogen-bond acceptors (Lipinski definition) is 0. The molecule has 0 aromatic rings. The quantitative estimate of drug-likeness (QED) is 0.483. The van der Waals surface area contributed by atoms with Crippen LogP contribution >= 0.6 is 0 Å². The zero-order valence-electron chi connectivity index (χ0n) is 8.55. The molecule has 0 N–H and O–H groups in total. The highest BCUT2D eigenvalue weighted by molar-refractivity contribution is 6.11. The lowest BCUT2D eigenvalue weighted by Gasteiger charge is -2.16. The number of hydrogen-bond donors (Lipinski definition) is 0. The van der Waals surface area contributed by atoms with Crippen LogP contribution in [0.3, 0.4) is 0 Å². The minimum Gasteiger partial charge on any atom is -0.0692 e. The van der Waals surface area contributed by atoms with Crippen molar-refractivity contribution in [3.8, 4) is 0 Å². The van der Waals surface area contributed by atoms with E-state index in [2.05, 4.69) is 14.8 Å². The highest BCUT2D eigenvalue weighted by Crippen LogP contribution is 2.46. The van der Waals surface area contributed by atoms with E-state index in [1.54, 1.807) is 6.42 Å². The Bertz CT molecular complexity index is 155. The van der Waals surface area contributed by atoms with Crippen molar-refractivity contribution in [3.05, 3.63) is 0 Å². The van der Waals surface area contributed by atoms with Gasteiger partial charge in [0.05, 0.1) is 0 Å². The van der Waals surface area contributed by atoms with E-state index in [4.69, 9.17) is 0 Å². The van der Waals surface area contributed by atoms with Gasteiger partial charge in [-0.1, -0.05) is 44.8 Å². The van der Waals surface area contributed by atoms with E-state index in [0.717, 1.165) is 23.6 Å². The molecule has 0 saturated heterocycles. The summed E-state index contributed by atoms with van der Waals surface area (Å²) in [5, 5.41) is 0. The SMILES string of the molecule is B[C@@H]1CC2CCCC(C)CC2C1. The lowest BCUT2D eigenvalue weighted by atomic mass is 9.84. The van der Waals surface area contributed by atoms with Crippen molar-refractivity contribution in [1.82, 2.24) is 0 Å². The molecule has 2 aliphatic carbocycles. The van der Waals surface area contributed by atoms with Gasteiger partial charge < -0.3 is 0 Å². The van der Waals surface area contributed by atoms with Crippen LogP contribution in [0, 0.1) is 17.8 Å². The molecule has 0 nitrogen and oxygen atoms in total. The van der Waals surface area contributed by atoms with Gasteiger partial charge in [0.25, 0.3) is 0 Å². The second kappa shape index (κ2) is 3.43. The largest absolute Gasteiger partial charge is 0.105 e. The van der Waals surface area contributed by atoms with Crippen LogP contribution in [0.2, 0.25) is 5.82 Å². The van der Waals surface area contributed by atoms with Gasteiger partial charge in [-0.05, 0) is 24.2 Å². The molecule has 2 aliphatic rings. The normalized spacial score (nSPS) is 48.4. The highest BCUT2D eigenvalue weighted by Gasteiger charge is 2.33. The average molecular weight is 164 g/mol. The van der Waals surface area contributed by atoms with Crippen molar-refractivity contribution < 1.29 is 0 Å². The molecule has 2 rings (SSSR count). The molecule has 0 radical (unpaired) electrons. The summed E-state index contributed by atoms with van der Waals surface area (Å²) in [5.41, 5.74) is 0. The zero-order valence-corrected chi connectivity index (χ0v) is 8.55. The second-order valence-electron chi connectivity index (χ2n) is 5.37. The average Bonchev–Trinajstić information content (AvgIpc) is 2.23. The van der Waals surface area contributed by atoms with Crippen molar-refractivity contribution in [2.24, 2.45) is 17.8 Å². The Hall–Kier alpha value is 0.0649. The van der Waals surface area contributed by atoms with Crippen molar-refractivity contribution >= 4 is 7.85 Å². The summed E-state index contributed by atoms with van der Waals surface area (Å²) < 4.78 is 0. The van der Waals surface area contributed by atoms with Crippen LogP contribution in [0.15, 0.2) is 0 Å². The Balaban J connectivity index is 1.99. The first-order chi connectivity index (χ1) is 5.75. The van der Waals surface area contributed by atoms with E-state index in [1.165, 1.54) is 32.1 Å². The van der Waals surface area contributed by atoms with Crippen molar-refractivity contribution in [2.45, 2.75) is 51.3 Å². The van der Waals surface area contributed by atoms with Gasteiger partial charge in [0.1, 0.15) is 7.85 Å². The van der Waals surface area contributed by atoms with Gasteiger partial charge >= 0.3 is 0 Å². The number of fused-ring (bicyclic) bond motifs is 1. The summed E-state index contributed by atoms with van der Waals surface area (Å²) in [6, 6.07) is 0. The Morgan fingerprint density at radius 1 is 1.00 bits per heavy atom. The van der Waals surface area contributed by atoms with Gasteiger partial charge in [0, 0.05) is 0 Å². The third-order valence-corrected chi connectivity index (χ3v) is 4.05. The Labute approximate surface area is 77.5 Å². The third-order valence-electron chi connectivity index (χ3n) is 4.05. The van der Waals surface area contributed by atoms with E-state index >= 15 is 0 Å². The predicted molar refractivity (Wildman–Crippen MR) is 56.1 cm³/mol. The van der Waals surface area contributed by atoms with Crippen LogP contribution in [0.1, 0.15) is 45.4 Å². The van der Waals surface area contributed by atoms with Crippen LogP contribution in [-0.2, 0) is 0 Å². The van der Waals surface area contributed by atoms with Crippen molar-refractivity contribution in [1.29, 1.82) is 0 Å². The minimum atomic E-state index is 1.02. The van der Waals surface area contributed by atoms with Gasteiger partial charge in [0.15, 0.2) is 0 Å². The third kappa shape index (κ3) is 1.70. The van der Waals surface area contributed by atoms with Crippen molar-refractivity contribution in [2.75, 3.05) is 0 Å². The molecule has 0 aromatic carbocycles. The summed E-state index contributed by atoms with van der Waals surface area (Å²) in [5.74, 6) is 4.28. The molecule has 1 heteroatoms. The van der Waals surface area contributed by atoms with Crippen LogP contribution in [0.25, 0.3) is 0 Å². The summed E-state index contributed by atoms with van der Waals surface area (Å²) in [7, 11) is 2.44. The molecule has 0 amide bonds. The van der Waals surface area contributed by atoms with Gasteiger partial charge in [-0.25, -0.2) is 0 Å². The van der Waals surface area contributed by atoms with Crippen LogP contribution in [0.5, 0.6) is 0 Å². The lowest BCUT2D eigenvalue weighted by Crippen LogP contribution is -2.07. The molecule has 0 bridgehead atoms. The molecule has 2 fully saturated rings. The monoisotopic (exact) mass is 164 g/mol. The first kappa shape index (κ1) is 8.65. The molecular weight excluding hydrogens is 143 g/mol. The van der Waals surface area contributed by atoms with Crippen LogP contribution < -0.4 is 0 Å². The smallest absolute Gasteiger partial charge is 0.0692 e. The molecule has 4 atom stereocenters. The Morgan fingerprint density at radius 3 is 2.58 bits per heavy atom. The zero-order chi connectivity index (χ0) is 8.55. The summed E-state index contributed by atoms with van der Waals surface area (Å²) in [6.45, 7) is 2.45. The lowest BCUT2D eigenvalue weighted by molar-refractivity contribution is 0.340. The standard InChI is InChI=1S/C11H21B/c1-8-3-2-4-9-6-11(12)7-10(9)5-8/h8-11H,2-7,12H2,1H3/t8?,9?,10?,11-/m1/s1. The first-order valence-corrected chi connectivity index (χ1v) is 5.75. The fourth-order valence-electron chi connectivity index (χ4n) is 3.52. The topological polar surface area (TPSA) is 0 Å². The highest BCUT2D eigenvalue weighted by atomic mass is 14.4. The van der Waals surface area contributed by atoms with Gasteiger partial charge in [0.2, 0.25) is 0 Å². The maximum Gasteiger partial charge on any atom is 0.105 e. The fraction of sp³-hybridized carbons (Fsp3) is 1.00. The molecule has 68 valence electrons. The van der Waals surface area contributed by atoms with E-state index < -0.39 is 0 Å². The molecular formula is C11H21B. The number of rotatable bonds is 0. The molecule has 0 spiro atoms. The summed E-state index contributed by atoms with van der Waals surface area (Å²) >= 11 is 0. The van der Waals surface area contributed by atoms with E-state index in [1.807, 2.05) is 0 Å². The van der Waals surface area contributed by atoms with Crippen molar-refractivity contribution in [3.63, 3.8) is 0 Å². The summed E-state index contributed by atoms with van der Waals surface area (Å²) in [4.78, 5) is 0. The maximum absolute atomic E-state index is 2.45. The van der Waals surface area contributed by atoms with E-state index in [-0.39, 0.29) is 0 Å². The van der Waals surface area contributed by atoms with Gasteiger partial charge in [-0.15, -0.1) is 0 Å². The Kier molecular flexibility index (Phi) is 2.48. The second-order valence-corrected chi connectivity index (χ2v) is 5.37. The molecule has 12 heavy (non-hydrogen) atoms. The van der Waals surface area contributed by atoms with Gasteiger partial charge in [-0.2, -0.15) is 0 Å². The minimum absolute atomic E-state index is 1.02. The molecule has 0 heterocycles. The Morgan fingerprint density at radius 2 is 1.75 bits per heavy atom. The fourth-order valence-corrected chi connectivity index (χ4v) is 3.52. The van der Waals surface area contributed by atoms with E-state index in [9.17, 15) is 0 Å². The predicted octanol–water partition coefficient (Wildman–Crippen LogP) is 2.64. The maximum atomic E-state index is 2.45.